The van der Waals surface area contributed by atoms with Crippen LogP contribution in [0.2, 0.25) is 0 Å². The van der Waals surface area contributed by atoms with Crippen LogP contribution >= 0.6 is 12.2 Å². The quantitative estimate of drug-likeness (QED) is 0.148. The van der Waals surface area contributed by atoms with Gasteiger partial charge in [-0.3, -0.25) is 34.3 Å². The Kier molecular flexibility index (Phi) is 12.7. The van der Waals surface area contributed by atoms with Gasteiger partial charge >= 0.3 is 6.18 Å². The molecule has 0 radical (unpaired) electrons. The van der Waals surface area contributed by atoms with E-state index in [4.69, 9.17) is 17.0 Å². The minimum atomic E-state index is -4.75. The molecule has 1 saturated carbocycles. The molecule has 1 aromatic carbocycles. The number of pyridine rings is 1. The van der Waals surface area contributed by atoms with Crippen LogP contribution in [0, 0.1) is 17.2 Å². The zero-order valence-electron chi connectivity index (χ0n) is 32.7. The topological polar surface area (TPSA) is 148 Å². The van der Waals surface area contributed by atoms with E-state index in [0.717, 1.165) is 63.5 Å². The normalized spacial score (nSPS) is 27.0. The van der Waals surface area contributed by atoms with Crippen LogP contribution in [-0.4, -0.2) is 86.4 Å². The molecule has 57 heavy (non-hydrogen) atoms. The number of rotatable bonds is 11. The van der Waals surface area contributed by atoms with E-state index >= 15 is 0 Å². The second-order valence-corrected chi connectivity index (χ2v) is 16.7. The summed E-state index contributed by atoms with van der Waals surface area (Å²) in [7, 11) is 0. The van der Waals surface area contributed by atoms with Crippen molar-refractivity contribution in [1.29, 1.82) is 5.26 Å². The van der Waals surface area contributed by atoms with Crippen molar-refractivity contribution in [2.75, 3.05) is 23.4 Å². The van der Waals surface area contributed by atoms with E-state index in [2.05, 4.69) is 34.4 Å². The van der Waals surface area contributed by atoms with E-state index in [-0.39, 0.29) is 65.7 Å². The first kappa shape index (κ1) is 42.2. The molecule has 0 spiro atoms. The molecular formula is C41H50F3N7O5S. The Hall–Kier alpha value is -4.46. The molecule has 4 heterocycles. The monoisotopic (exact) mass is 809 g/mol. The van der Waals surface area contributed by atoms with Crippen LogP contribution in [0.5, 0.6) is 0 Å². The fraction of sp³-hybridized carbons (Fsp3) is 0.585. The molecule has 3 saturated heterocycles. The summed E-state index contributed by atoms with van der Waals surface area (Å²) in [5.74, 6) is -0.818. The van der Waals surface area contributed by atoms with Crippen LogP contribution in [0.1, 0.15) is 115 Å². The number of nitriles is 1. The standard InChI is InChI=1S/C41H50F3N7O5S/c1-24-18-31(19-25(2)49(24)23-36(53)47-34-20-27(15-16-46-34)32-13-14-35(52)48-37(32)54)56-17-5-6-26-7-10-29(11-8-26)51-39(57)50(38(55)40(51,3)4)30-12-9-28(22-45)33(21-30)41(42,43)44/h9,12,15-16,20-21,24-26,29,31-32H,5-8,10-11,13-14,17-19,23H2,1-4H3,(H,46,47,53)(H,48,52,54)/t24-,25+,26?,29?,31?,32?. The van der Waals surface area contributed by atoms with Crippen molar-refractivity contribution in [2.45, 2.75) is 134 Å². The number of nitrogens with zero attached hydrogens (tertiary/aromatic N) is 5. The van der Waals surface area contributed by atoms with Gasteiger partial charge in [-0.05, 0) is 140 Å². The van der Waals surface area contributed by atoms with Crippen LogP contribution in [0.4, 0.5) is 24.7 Å². The smallest absolute Gasteiger partial charge is 0.378 e. The van der Waals surface area contributed by atoms with Gasteiger partial charge in [-0.1, -0.05) is 0 Å². The van der Waals surface area contributed by atoms with E-state index in [1.165, 1.54) is 11.0 Å². The highest BCUT2D eigenvalue weighted by Crippen LogP contribution is 2.41. The van der Waals surface area contributed by atoms with Crippen molar-refractivity contribution >= 4 is 52.5 Å². The fourth-order valence-electron chi connectivity index (χ4n) is 9.07. The Morgan fingerprint density at radius 3 is 2.42 bits per heavy atom. The number of carbonyl (C=O) groups excluding carboxylic acids is 4. The molecule has 16 heteroatoms. The lowest BCUT2D eigenvalue weighted by Gasteiger charge is -2.42. The molecule has 1 aromatic heterocycles. The molecular weight excluding hydrogens is 760 g/mol. The number of nitrogens with one attached hydrogen (secondary N) is 2. The number of anilines is 2. The first-order chi connectivity index (χ1) is 27.0. The summed E-state index contributed by atoms with van der Waals surface area (Å²) < 4.78 is 47.5. The van der Waals surface area contributed by atoms with Crippen molar-refractivity contribution in [3.63, 3.8) is 0 Å². The summed E-state index contributed by atoms with van der Waals surface area (Å²) in [6.07, 6.45) is 4.56. The first-order valence-electron chi connectivity index (χ1n) is 19.7. The SMILES string of the molecule is C[C@@H]1CC(OCCCC2CCC(N3C(=S)N(c4ccc(C#N)c(C(F)(F)F)c4)C(=O)C3(C)C)CC2)C[C@H](C)N1CC(=O)Nc1cc(C2CCC(=O)NC2=O)ccn1. The Morgan fingerprint density at radius 2 is 1.77 bits per heavy atom. The van der Waals surface area contributed by atoms with Gasteiger partial charge < -0.3 is 15.0 Å². The van der Waals surface area contributed by atoms with Crippen LogP contribution in [0.15, 0.2) is 36.5 Å². The number of aromatic nitrogens is 1. The molecule has 3 aliphatic heterocycles. The summed E-state index contributed by atoms with van der Waals surface area (Å²) in [5, 5.41) is 14.6. The second kappa shape index (κ2) is 17.2. The van der Waals surface area contributed by atoms with Crippen molar-refractivity contribution < 1.29 is 37.1 Å². The second-order valence-electron chi connectivity index (χ2n) is 16.4. The van der Waals surface area contributed by atoms with E-state index in [0.29, 0.717) is 30.3 Å². The third-order valence-corrected chi connectivity index (χ3v) is 12.4. The number of amides is 4. The van der Waals surface area contributed by atoms with Crippen LogP contribution in [0.3, 0.4) is 0 Å². The molecule has 306 valence electrons. The Labute approximate surface area is 336 Å². The minimum absolute atomic E-state index is 0.00428. The molecule has 4 fully saturated rings. The molecule has 2 aromatic rings. The maximum Gasteiger partial charge on any atom is 0.417 e. The molecule has 6 rings (SSSR count). The van der Waals surface area contributed by atoms with E-state index in [1.807, 2.05) is 4.90 Å². The van der Waals surface area contributed by atoms with Crippen molar-refractivity contribution in [1.82, 2.24) is 20.1 Å². The average Bonchev–Trinajstić information content (AvgIpc) is 3.33. The van der Waals surface area contributed by atoms with Gasteiger partial charge in [-0.15, -0.1) is 0 Å². The number of ether oxygens (including phenoxy) is 1. The molecule has 2 unspecified atom stereocenters. The van der Waals surface area contributed by atoms with Gasteiger partial charge in [0, 0.05) is 37.4 Å². The number of piperidine rings is 2. The highest BCUT2D eigenvalue weighted by molar-refractivity contribution is 7.80. The molecule has 2 N–H and O–H groups in total. The summed E-state index contributed by atoms with van der Waals surface area (Å²) in [4.78, 5) is 60.1. The van der Waals surface area contributed by atoms with Crippen LogP contribution in [-0.2, 0) is 30.1 Å². The predicted octanol–water partition coefficient (Wildman–Crippen LogP) is 6.44. The first-order valence-corrected chi connectivity index (χ1v) is 20.1. The minimum Gasteiger partial charge on any atom is -0.378 e. The number of imide groups is 1. The van der Waals surface area contributed by atoms with E-state index < -0.39 is 34.7 Å². The molecule has 0 bridgehead atoms. The van der Waals surface area contributed by atoms with Gasteiger partial charge in [-0.2, -0.15) is 18.4 Å². The van der Waals surface area contributed by atoms with Crippen molar-refractivity contribution in [3.8, 4) is 6.07 Å². The Balaban J connectivity index is 0.929. The highest BCUT2D eigenvalue weighted by Gasteiger charge is 2.52. The number of carbonyl (C=O) groups is 4. The largest absolute Gasteiger partial charge is 0.417 e. The van der Waals surface area contributed by atoms with Gasteiger partial charge in [-0.25, -0.2) is 4.98 Å². The Morgan fingerprint density at radius 1 is 1.07 bits per heavy atom. The lowest BCUT2D eigenvalue weighted by molar-refractivity contribution is -0.138. The number of likely N-dealkylation sites (tertiary alicyclic amines) is 1. The van der Waals surface area contributed by atoms with Crippen molar-refractivity contribution in [2.24, 2.45) is 5.92 Å². The summed E-state index contributed by atoms with van der Waals surface area (Å²) in [6.45, 7) is 8.54. The lowest BCUT2D eigenvalue weighted by atomic mass is 9.82. The highest BCUT2D eigenvalue weighted by atomic mass is 32.1. The van der Waals surface area contributed by atoms with Crippen LogP contribution in [0.25, 0.3) is 0 Å². The van der Waals surface area contributed by atoms with Gasteiger partial charge in [0.2, 0.25) is 17.7 Å². The molecule has 1 aliphatic carbocycles. The molecule has 4 aliphatic rings. The summed E-state index contributed by atoms with van der Waals surface area (Å²) >= 11 is 5.75. The number of hydrogen-bond donors (Lipinski definition) is 2. The maximum absolute atomic E-state index is 13.7. The number of benzene rings is 1. The van der Waals surface area contributed by atoms with Gasteiger partial charge in [0.25, 0.3) is 5.91 Å². The molecule has 12 nitrogen and oxygen atoms in total. The fourth-order valence-corrected chi connectivity index (χ4v) is 9.64. The summed E-state index contributed by atoms with van der Waals surface area (Å²) in [5.41, 5.74) is -1.94. The van der Waals surface area contributed by atoms with E-state index in [1.54, 1.807) is 38.2 Å². The summed E-state index contributed by atoms with van der Waals surface area (Å²) in [6, 6.07) is 8.47. The van der Waals surface area contributed by atoms with E-state index in [9.17, 15) is 37.6 Å². The van der Waals surface area contributed by atoms with Gasteiger partial charge in [0.05, 0.1) is 41.5 Å². The number of halogens is 3. The van der Waals surface area contributed by atoms with Crippen molar-refractivity contribution in [3.05, 3.63) is 53.2 Å². The van der Waals surface area contributed by atoms with Gasteiger partial charge in [0.15, 0.2) is 5.11 Å². The zero-order valence-corrected chi connectivity index (χ0v) is 33.5. The molecule has 4 atom stereocenters. The Bertz CT molecular complexity index is 1920. The lowest BCUT2D eigenvalue weighted by Crippen LogP contribution is -2.51. The average molecular weight is 810 g/mol. The number of hydrogen-bond acceptors (Lipinski definition) is 9. The third kappa shape index (κ3) is 9.31. The number of thiocarbonyl (C=S) groups is 1. The van der Waals surface area contributed by atoms with Gasteiger partial charge in [0.1, 0.15) is 11.4 Å². The predicted molar refractivity (Wildman–Crippen MR) is 210 cm³/mol. The number of alkyl halides is 3. The van der Waals surface area contributed by atoms with Crippen LogP contribution < -0.4 is 15.5 Å². The maximum atomic E-state index is 13.7. The zero-order chi connectivity index (χ0) is 41.2. The third-order valence-electron chi connectivity index (χ3n) is 12.1. The molecule has 4 amide bonds.